The average molecular weight is 479 g/mol. The van der Waals surface area contributed by atoms with Gasteiger partial charge in [-0.25, -0.2) is 14.0 Å². The summed E-state index contributed by atoms with van der Waals surface area (Å²) in [6.07, 6.45) is 0. The summed E-state index contributed by atoms with van der Waals surface area (Å²) >= 11 is 0. The smallest absolute Gasteiger partial charge is 0.338 e. The van der Waals surface area contributed by atoms with Crippen molar-refractivity contribution in [3.05, 3.63) is 125 Å². The quantitative estimate of drug-likeness (QED) is 0.204. The molecule has 0 bridgehead atoms. The van der Waals surface area contributed by atoms with Crippen molar-refractivity contribution in [2.75, 3.05) is 0 Å². The molecule has 36 heavy (non-hydrogen) atoms. The van der Waals surface area contributed by atoms with Gasteiger partial charge < -0.3 is 9.47 Å². The van der Waals surface area contributed by atoms with Gasteiger partial charge >= 0.3 is 11.9 Å². The first kappa shape index (κ1) is 25.7. The van der Waals surface area contributed by atoms with Crippen LogP contribution in [-0.2, 0) is 20.9 Å². The molecule has 0 aliphatic rings. The van der Waals surface area contributed by atoms with Crippen LogP contribution < -0.4 is 4.74 Å². The van der Waals surface area contributed by atoms with Crippen LogP contribution in [-0.4, -0.2) is 11.9 Å². The first-order valence-electron chi connectivity index (χ1n) is 10.9. The van der Waals surface area contributed by atoms with Crippen LogP contribution in [0.5, 0.6) is 5.75 Å². The van der Waals surface area contributed by atoms with Gasteiger partial charge in [0, 0.05) is 22.3 Å². The molecule has 0 saturated heterocycles. The van der Waals surface area contributed by atoms with Crippen LogP contribution in [0.25, 0.3) is 0 Å². The zero-order valence-corrected chi connectivity index (χ0v) is 20.0. The van der Waals surface area contributed by atoms with E-state index in [2.05, 4.69) is 36.8 Å². The third-order valence-electron chi connectivity index (χ3n) is 4.74. The summed E-state index contributed by atoms with van der Waals surface area (Å²) in [5.41, 5.74) is 3.17. The van der Waals surface area contributed by atoms with Gasteiger partial charge in [0.1, 0.15) is 18.2 Å². The van der Waals surface area contributed by atoms with Crippen molar-refractivity contribution >= 4 is 11.9 Å². The number of hydrogen-bond donors (Lipinski definition) is 0. The molecule has 0 atom stereocenters. The predicted molar refractivity (Wildman–Crippen MR) is 136 cm³/mol. The molecule has 0 heterocycles. The lowest BCUT2D eigenvalue weighted by molar-refractivity contribution is -0.140. The normalized spacial score (nSPS) is 9.64. The van der Waals surface area contributed by atoms with Crippen LogP contribution in [0.4, 0.5) is 4.39 Å². The molecule has 0 fully saturated rings. The molecule has 3 aromatic rings. The summed E-state index contributed by atoms with van der Waals surface area (Å²) in [7, 11) is 0. The van der Waals surface area contributed by atoms with E-state index in [1.54, 1.807) is 68.4 Å². The molecule has 0 amide bonds. The van der Waals surface area contributed by atoms with Crippen LogP contribution >= 0.6 is 0 Å². The third-order valence-corrected chi connectivity index (χ3v) is 4.74. The standard InChI is InChI=1S/C31H23FO4/c1-21(2)30(33)35-20-25-9-7-8-23(18-25)12-15-26-16-13-24(19-28(26)32)14-17-27-10-5-6-11-29(27)36-31(34)22(3)4/h5-11,13,16,18-19H,1,3,20H2,2,4H3. The number of rotatable bonds is 5. The van der Waals surface area contributed by atoms with E-state index in [0.29, 0.717) is 28.0 Å². The first-order valence-corrected chi connectivity index (χ1v) is 10.9. The fraction of sp³-hybridized carbons (Fsp3) is 0.0968. The number of benzene rings is 3. The molecule has 0 unspecified atom stereocenters. The van der Waals surface area contributed by atoms with Gasteiger partial charge in [-0.2, -0.15) is 0 Å². The van der Waals surface area contributed by atoms with Gasteiger partial charge in [-0.3, -0.25) is 0 Å². The molecule has 0 spiro atoms. The molecule has 5 heteroatoms. The second-order valence-corrected chi connectivity index (χ2v) is 7.92. The van der Waals surface area contributed by atoms with Crippen molar-refractivity contribution < 1.29 is 23.5 Å². The van der Waals surface area contributed by atoms with Crippen molar-refractivity contribution in [2.24, 2.45) is 0 Å². The Morgan fingerprint density at radius 2 is 1.44 bits per heavy atom. The molecular weight excluding hydrogens is 455 g/mol. The molecule has 178 valence electrons. The number of carbonyl (C=O) groups is 2. The third kappa shape index (κ3) is 7.32. The lowest BCUT2D eigenvalue weighted by Gasteiger charge is -2.05. The largest absolute Gasteiger partial charge is 0.457 e. The van der Waals surface area contributed by atoms with Crippen molar-refractivity contribution in [1.29, 1.82) is 0 Å². The Balaban J connectivity index is 1.75. The van der Waals surface area contributed by atoms with Crippen LogP contribution in [0.3, 0.4) is 0 Å². The van der Waals surface area contributed by atoms with Crippen LogP contribution in [0.2, 0.25) is 0 Å². The molecule has 0 saturated carbocycles. The average Bonchev–Trinajstić information content (AvgIpc) is 2.86. The Labute approximate surface area is 210 Å². The van der Waals surface area contributed by atoms with E-state index in [0.717, 1.165) is 5.56 Å². The summed E-state index contributed by atoms with van der Waals surface area (Å²) in [5, 5.41) is 0. The molecule has 0 aliphatic heterocycles. The van der Waals surface area contributed by atoms with E-state index in [1.165, 1.54) is 6.07 Å². The lowest BCUT2D eigenvalue weighted by atomic mass is 10.1. The van der Waals surface area contributed by atoms with E-state index in [4.69, 9.17) is 9.47 Å². The number of esters is 2. The number of halogens is 1. The number of para-hydroxylation sites is 1. The summed E-state index contributed by atoms with van der Waals surface area (Å²) in [6, 6.07) is 18.5. The number of hydrogen-bond acceptors (Lipinski definition) is 4. The van der Waals surface area contributed by atoms with Crippen molar-refractivity contribution in [3.8, 4) is 29.4 Å². The van der Waals surface area contributed by atoms with Crippen molar-refractivity contribution in [1.82, 2.24) is 0 Å². The van der Waals surface area contributed by atoms with E-state index < -0.39 is 17.8 Å². The van der Waals surface area contributed by atoms with Crippen molar-refractivity contribution in [2.45, 2.75) is 20.5 Å². The molecular formula is C31H23FO4. The van der Waals surface area contributed by atoms with E-state index in [-0.39, 0.29) is 17.7 Å². The maximum Gasteiger partial charge on any atom is 0.338 e. The molecule has 4 nitrogen and oxygen atoms in total. The number of carbonyl (C=O) groups excluding carboxylic acids is 2. The van der Waals surface area contributed by atoms with Crippen LogP contribution in [0, 0.1) is 29.5 Å². The lowest BCUT2D eigenvalue weighted by Crippen LogP contribution is -2.09. The van der Waals surface area contributed by atoms with Gasteiger partial charge in [0.05, 0.1) is 11.1 Å². The van der Waals surface area contributed by atoms with Gasteiger partial charge in [-0.15, -0.1) is 0 Å². The van der Waals surface area contributed by atoms with E-state index >= 15 is 0 Å². The van der Waals surface area contributed by atoms with Gasteiger partial charge in [0.2, 0.25) is 0 Å². The van der Waals surface area contributed by atoms with Gasteiger partial charge in [-0.1, -0.05) is 61.1 Å². The maximum atomic E-state index is 14.7. The highest BCUT2D eigenvalue weighted by Crippen LogP contribution is 2.18. The van der Waals surface area contributed by atoms with Gasteiger partial charge in [0.15, 0.2) is 0 Å². The second kappa shape index (κ2) is 12.0. The molecule has 3 aromatic carbocycles. The van der Waals surface area contributed by atoms with Gasteiger partial charge in [0.25, 0.3) is 0 Å². The summed E-state index contributed by atoms with van der Waals surface area (Å²) < 4.78 is 25.1. The minimum absolute atomic E-state index is 0.0957. The zero-order chi connectivity index (χ0) is 26.1. The Morgan fingerprint density at radius 1 is 0.778 bits per heavy atom. The minimum Gasteiger partial charge on any atom is -0.457 e. The Morgan fingerprint density at radius 3 is 2.14 bits per heavy atom. The van der Waals surface area contributed by atoms with Crippen molar-refractivity contribution in [3.63, 3.8) is 0 Å². The van der Waals surface area contributed by atoms with E-state index in [1.807, 2.05) is 6.07 Å². The Hall–Kier alpha value is -4.87. The minimum atomic E-state index is -0.545. The second-order valence-electron chi connectivity index (χ2n) is 7.92. The summed E-state index contributed by atoms with van der Waals surface area (Å²) in [6.45, 7) is 10.3. The topological polar surface area (TPSA) is 52.6 Å². The highest BCUT2D eigenvalue weighted by molar-refractivity contribution is 5.89. The molecule has 0 radical (unpaired) electrons. The predicted octanol–water partition coefficient (Wildman–Crippen LogP) is 5.73. The molecule has 3 rings (SSSR count). The zero-order valence-electron chi connectivity index (χ0n) is 20.0. The highest BCUT2D eigenvalue weighted by atomic mass is 19.1. The van der Waals surface area contributed by atoms with Crippen LogP contribution in [0.15, 0.2) is 91.0 Å². The number of ether oxygens (including phenoxy) is 2. The fourth-order valence-corrected chi connectivity index (χ4v) is 2.83. The molecule has 0 N–H and O–H groups in total. The summed E-state index contributed by atoms with van der Waals surface area (Å²) in [4.78, 5) is 23.4. The van der Waals surface area contributed by atoms with E-state index in [9.17, 15) is 14.0 Å². The fourth-order valence-electron chi connectivity index (χ4n) is 2.83. The molecule has 0 aliphatic carbocycles. The highest BCUT2D eigenvalue weighted by Gasteiger charge is 2.08. The molecule has 0 aromatic heterocycles. The monoisotopic (exact) mass is 478 g/mol. The van der Waals surface area contributed by atoms with Crippen LogP contribution in [0.1, 0.15) is 41.7 Å². The summed E-state index contributed by atoms with van der Waals surface area (Å²) in [5.74, 6) is 10.3. The van der Waals surface area contributed by atoms with Gasteiger partial charge in [-0.05, 0) is 61.9 Å². The SMILES string of the molecule is C=C(C)C(=O)OCc1cccc(C#Cc2ccc(C#Cc3ccccc3OC(=O)C(=C)C)cc2F)c1. The maximum absolute atomic E-state index is 14.7. The Kier molecular flexibility index (Phi) is 8.59. The Bertz CT molecular complexity index is 1480. The first-order chi connectivity index (χ1) is 17.2.